The van der Waals surface area contributed by atoms with Gasteiger partial charge in [-0.15, -0.1) is 16.4 Å². The van der Waals surface area contributed by atoms with Crippen LogP contribution in [0.4, 0.5) is 5.69 Å². The summed E-state index contributed by atoms with van der Waals surface area (Å²) < 4.78 is 25.1. The maximum atomic E-state index is 5.84. The highest BCUT2D eigenvalue weighted by molar-refractivity contribution is 7.16. The van der Waals surface area contributed by atoms with Gasteiger partial charge in [0, 0.05) is 18.5 Å². The monoisotopic (exact) mass is 469 g/mol. The normalized spacial score (nSPS) is 23.6. The summed E-state index contributed by atoms with van der Waals surface area (Å²) in [5, 5.41) is 7.03. The number of methoxy groups -OCH3 is 3. The second-order valence-corrected chi connectivity index (χ2v) is 10.2. The van der Waals surface area contributed by atoms with Crippen LogP contribution in [0, 0.1) is 17.8 Å². The van der Waals surface area contributed by atoms with E-state index in [-0.39, 0.29) is 0 Å². The molecule has 1 saturated heterocycles. The molecule has 3 aromatic rings. The van der Waals surface area contributed by atoms with Crippen molar-refractivity contribution in [3.8, 4) is 28.6 Å². The number of fused-ring (bicyclic) bond motifs is 2. The van der Waals surface area contributed by atoms with E-state index in [2.05, 4.69) is 29.3 Å². The van der Waals surface area contributed by atoms with Crippen LogP contribution in [0.5, 0.6) is 17.4 Å². The third kappa shape index (κ3) is 3.37. The number of hydrogen-bond donors (Lipinski definition) is 0. The number of hydrogen-bond acceptors (Lipinski definition) is 7. The van der Waals surface area contributed by atoms with Crippen LogP contribution in [0.3, 0.4) is 0 Å². The van der Waals surface area contributed by atoms with Crippen molar-refractivity contribution in [2.45, 2.75) is 25.7 Å². The van der Waals surface area contributed by atoms with E-state index in [9.17, 15) is 0 Å². The molecule has 1 aromatic carbocycles. The first-order chi connectivity index (χ1) is 16.2. The van der Waals surface area contributed by atoms with Crippen molar-refractivity contribution in [3.05, 3.63) is 23.1 Å². The fourth-order valence-electron chi connectivity index (χ4n) is 5.48. The van der Waals surface area contributed by atoms with Crippen LogP contribution in [0.15, 0.2) is 17.5 Å². The van der Waals surface area contributed by atoms with E-state index >= 15 is 0 Å². The van der Waals surface area contributed by atoms with E-state index in [1.807, 2.05) is 4.52 Å². The van der Waals surface area contributed by atoms with Crippen LogP contribution in [0.25, 0.3) is 16.1 Å². The van der Waals surface area contributed by atoms with Crippen molar-refractivity contribution in [2.75, 3.05) is 52.5 Å². The highest BCUT2D eigenvalue weighted by Gasteiger charge is 2.54. The quantitative estimate of drug-likeness (QED) is 0.453. The summed E-state index contributed by atoms with van der Waals surface area (Å²) in [6.45, 7) is 5.95. The van der Waals surface area contributed by atoms with E-state index in [1.54, 1.807) is 32.7 Å². The van der Waals surface area contributed by atoms with Gasteiger partial charge in [0.2, 0.25) is 0 Å². The first-order valence-electron chi connectivity index (χ1n) is 11.8. The minimum atomic E-state index is 0.617. The Balaban J connectivity index is 1.42. The molecule has 176 valence electrons. The third-order valence-corrected chi connectivity index (χ3v) is 8.51. The lowest BCUT2D eigenvalue weighted by Crippen LogP contribution is -2.27. The Morgan fingerprint density at radius 1 is 1.09 bits per heavy atom. The van der Waals surface area contributed by atoms with Gasteiger partial charge in [-0.05, 0) is 61.1 Å². The Kier molecular flexibility index (Phi) is 5.18. The maximum absolute atomic E-state index is 5.84. The summed E-state index contributed by atoms with van der Waals surface area (Å²) in [4.78, 5) is 3.51. The summed E-state index contributed by atoms with van der Waals surface area (Å²) in [6.07, 6.45) is 2.46. The molecule has 2 saturated carbocycles. The Labute approximate surface area is 198 Å². The molecule has 0 radical (unpaired) electrons. The molecular weight excluding hydrogens is 438 g/mol. The summed E-state index contributed by atoms with van der Waals surface area (Å²) in [5.74, 6) is 5.07. The molecule has 2 aromatic heterocycles. The Morgan fingerprint density at radius 2 is 1.79 bits per heavy atom. The van der Waals surface area contributed by atoms with Gasteiger partial charge in [0.25, 0.3) is 5.88 Å². The van der Waals surface area contributed by atoms with Crippen LogP contribution in [0.1, 0.15) is 31.2 Å². The molecule has 0 bridgehead atoms. The highest BCUT2D eigenvalue weighted by atomic mass is 32.1. The first kappa shape index (κ1) is 21.1. The molecule has 2 unspecified atom stereocenters. The molecule has 1 aliphatic heterocycles. The number of anilines is 1. The lowest BCUT2D eigenvalue weighted by Gasteiger charge is -2.23. The zero-order valence-corrected chi connectivity index (χ0v) is 20.5. The lowest BCUT2D eigenvalue weighted by atomic mass is 10.0. The van der Waals surface area contributed by atoms with E-state index in [1.165, 1.54) is 18.4 Å². The average Bonchev–Trinajstić information content (AvgIpc) is 3.63. The Hall–Kier alpha value is -2.45. The molecule has 2 atom stereocenters. The third-order valence-electron chi connectivity index (χ3n) is 7.58. The van der Waals surface area contributed by atoms with Crippen molar-refractivity contribution < 1.29 is 18.9 Å². The molecule has 3 fully saturated rings. The molecule has 2 aliphatic carbocycles. The predicted octanol–water partition coefficient (Wildman–Crippen LogP) is 4.68. The standard InChI is InChI=1S/C25H31N3O4S/c1-5-27(10-16-17-11-32-12-18(16)17)23-24(31-4)26-28-19(13-33-25(23)28)22-20(29-2)8-15(14-6-7-14)9-21(22)30-3/h8-9,13-14,16-18H,5-7,10-12H2,1-4H3. The summed E-state index contributed by atoms with van der Waals surface area (Å²) in [6, 6.07) is 4.32. The SMILES string of the molecule is CCN(CC1C2COCC21)c1c(OC)nn2c(-c3c(OC)cc(C4CC4)cc3OC)csc12. The van der Waals surface area contributed by atoms with E-state index in [0.717, 1.165) is 59.6 Å². The molecule has 0 amide bonds. The minimum absolute atomic E-state index is 0.617. The largest absolute Gasteiger partial charge is 0.496 e. The summed E-state index contributed by atoms with van der Waals surface area (Å²) in [7, 11) is 5.15. The molecule has 8 heteroatoms. The molecule has 7 nitrogen and oxygen atoms in total. The van der Waals surface area contributed by atoms with Gasteiger partial charge in [0.1, 0.15) is 22.0 Å². The molecule has 3 heterocycles. The Bertz CT molecular complexity index is 1150. The van der Waals surface area contributed by atoms with Gasteiger partial charge in [0.05, 0.1) is 45.8 Å². The number of ether oxygens (including phenoxy) is 4. The molecule has 6 rings (SSSR count). The molecular formula is C25H31N3O4S. The topological polar surface area (TPSA) is 57.5 Å². The van der Waals surface area contributed by atoms with Crippen LogP contribution < -0.4 is 19.1 Å². The second kappa shape index (κ2) is 8.09. The number of rotatable bonds is 9. The van der Waals surface area contributed by atoms with Gasteiger partial charge < -0.3 is 23.8 Å². The van der Waals surface area contributed by atoms with E-state index in [0.29, 0.717) is 29.6 Å². The zero-order chi connectivity index (χ0) is 22.7. The minimum Gasteiger partial charge on any atom is -0.496 e. The molecule has 3 aliphatic rings. The van der Waals surface area contributed by atoms with Crippen LogP contribution in [-0.4, -0.2) is 57.2 Å². The molecule has 0 spiro atoms. The predicted molar refractivity (Wildman–Crippen MR) is 129 cm³/mol. The molecule has 0 N–H and O–H groups in total. The summed E-state index contributed by atoms with van der Waals surface area (Å²) in [5.41, 5.74) is 4.26. The van der Waals surface area contributed by atoms with Crippen LogP contribution in [0.2, 0.25) is 0 Å². The van der Waals surface area contributed by atoms with Crippen LogP contribution in [-0.2, 0) is 4.74 Å². The van der Waals surface area contributed by atoms with Crippen molar-refractivity contribution in [2.24, 2.45) is 17.8 Å². The number of nitrogens with zero attached hydrogens (tertiary/aromatic N) is 3. The van der Waals surface area contributed by atoms with Gasteiger partial charge >= 0.3 is 0 Å². The summed E-state index contributed by atoms with van der Waals surface area (Å²) >= 11 is 1.69. The van der Waals surface area contributed by atoms with E-state index in [4.69, 9.17) is 24.0 Å². The second-order valence-electron chi connectivity index (χ2n) is 9.34. The Morgan fingerprint density at radius 3 is 2.36 bits per heavy atom. The van der Waals surface area contributed by atoms with Gasteiger partial charge in [-0.3, -0.25) is 0 Å². The van der Waals surface area contributed by atoms with Crippen molar-refractivity contribution in [3.63, 3.8) is 0 Å². The van der Waals surface area contributed by atoms with Gasteiger partial charge in [-0.1, -0.05) is 0 Å². The van der Waals surface area contributed by atoms with Gasteiger partial charge in [0.15, 0.2) is 0 Å². The highest BCUT2D eigenvalue weighted by Crippen LogP contribution is 2.53. The number of thiazole rings is 1. The fraction of sp³-hybridized carbons (Fsp3) is 0.560. The van der Waals surface area contributed by atoms with Crippen molar-refractivity contribution >= 4 is 21.9 Å². The maximum Gasteiger partial charge on any atom is 0.258 e. The van der Waals surface area contributed by atoms with Crippen molar-refractivity contribution in [1.82, 2.24) is 9.61 Å². The van der Waals surface area contributed by atoms with Gasteiger partial charge in [-0.2, -0.15) is 0 Å². The number of benzene rings is 1. The van der Waals surface area contributed by atoms with Crippen LogP contribution >= 0.6 is 11.3 Å². The zero-order valence-electron chi connectivity index (χ0n) is 19.7. The molecule has 33 heavy (non-hydrogen) atoms. The number of aromatic nitrogens is 2. The lowest BCUT2D eigenvalue weighted by molar-refractivity contribution is 0.152. The fourth-order valence-corrected chi connectivity index (χ4v) is 6.49. The first-order valence-corrected chi connectivity index (χ1v) is 12.7. The smallest absolute Gasteiger partial charge is 0.258 e. The van der Waals surface area contributed by atoms with Gasteiger partial charge in [-0.25, -0.2) is 4.52 Å². The average molecular weight is 470 g/mol. The van der Waals surface area contributed by atoms with Crippen molar-refractivity contribution in [1.29, 1.82) is 0 Å². The van der Waals surface area contributed by atoms with E-state index < -0.39 is 0 Å².